The Bertz CT molecular complexity index is 3060. The number of carbonyl (C=O) groups is 3. The van der Waals surface area contributed by atoms with Crippen LogP contribution < -0.4 is 27.1 Å². The van der Waals surface area contributed by atoms with Crippen LogP contribution in [0.3, 0.4) is 0 Å². The zero-order valence-corrected chi connectivity index (χ0v) is 32.1. The molecule has 3 aliphatic rings. The van der Waals surface area contributed by atoms with Gasteiger partial charge in [0.15, 0.2) is 11.3 Å². The Morgan fingerprint density at radius 2 is 1.58 bits per heavy atom. The van der Waals surface area contributed by atoms with E-state index in [1.807, 2.05) is 48.5 Å². The summed E-state index contributed by atoms with van der Waals surface area (Å²) in [5, 5.41) is 20.7. The van der Waals surface area contributed by atoms with Crippen molar-refractivity contribution in [3.63, 3.8) is 0 Å². The minimum Gasteiger partial charge on any atom is -0.744 e. The number of ether oxygens (including phenoxy) is 1. The summed E-state index contributed by atoms with van der Waals surface area (Å²) in [4.78, 5) is 36.8. The lowest BCUT2D eigenvalue weighted by atomic mass is 9.89. The maximum absolute atomic E-state index is 13.5. The number of fused-ring (bicyclic) bond motifs is 4. The van der Waals surface area contributed by atoms with Gasteiger partial charge in [-0.3, -0.25) is 19.6 Å². The number of hydrogen-bond acceptors (Lipinski definition) is 11. The Labute approximate surface area is 336 Å². The first-order valence-electron chi connectivity index (χ1n) is 17.6. The summed E-state index contributed by atoms with van der Waals surface area (Å²) < 4.78 is 84.2. The van der Waals surface area contributed by atoms with E-state index in [1.165, 1.54) is 18.2 Å². The molecule has 0 radical (unpaired) electrons. The normalized spacial score (nSPS) is 13.6. The van der Waals surface area contributed by atoms with E-state index < -0.39 is 81.9 Å². The van der Waals surface area contributed by atoms with Gasteiger partial charge in [-0.2, -0.15) is 8.42 Å². The summed E-state index contributed by atoms with van der Waals surface area (Å²) >= 11 is 0. The van der Waals surface area contributed by atoms with Crippen molar-refractivity contribution in [2.45, 2.75) is 22.3 Å². The lowest BCUT2D eigenvalue weighted by Crippen LogP contribution is -2.47. The summed E-state index contributed by atoms with van der Waals surface area (Å²) in [5.41, 5.74) is 6.83. The quantitative estimate of drug-likeness (QED) is 0.0358. The van der Waals surface area contributed by atoms with Gasteiger partial charge in [-0.25, -0.2) is 13.2 Å². The standard InChI is InChI=1S/C41H32N4O12S2/c42-31-15-13-28-35(29-14-16-32(43)39(59(53,54)55)37(29)57-36(28)38(31)58(50,51)52)30-19-25(11-12-27(30)41(48)49)40(47)45-18-17-44-34(46)21-56-33-20-24-7-2-1-5-22(24)9-10-23-6-3-4-8-26(23)33/h1-8,11-16,19,33,42H,17-18,20-21,43H2,(H,44,46)(H,45,47)(H,48,49)(H,50,51,52)(H,53,54,55). The van der Waals surface area contributed by atoms with Crippen LogP contribution in [0.2, 0.25) is 0 Å². The first-order valence-corrected chi connectivity index (χ1v) is 20.4. The van der Waals surface area contributed by atoms with E-state index in [-0.39, 0.29) is 47.3 Å². The molecule has 0 bridgehead atoms. The maximum atomic E-state index is 13.5. The van der Waals surface area contributed by atoms with Crippen molar-refractivity contribution in [2.75, 3.05) is 25.4 Å². The fraction of sp³-hybridized carbons (Fsp3) is 0.122. The Hall–Kier alpha value is -6.88. The molecule has 0 aromatic heterocycles. The van der Waals surface area contributed by atoms with E-state index in [0.29, 0.717) is 6.42 Å². The highest BCUT2D eigenvalue weighted by Gasteiger charge is 2.32. The van der Waals surface area contributed by atoms with Crippen LogP contribution in [0, 0.1) is 11.8 Å². The first kappa shape index (κ1) is 40.3. The minimum absolute atomic E-state index is 0.0211. The smallest absolute Gasteiger partial charge is 0.336 e. The summed E-state index contributed by atoms with van der Waals surface area (Å²) in [6.07, 6.45) is 0.0217. The molecule has 1 heterocycles. The molecule has 300 valence electrons. The highest BCUT2D eigenvalue weighted by Crippen LogP contribution is 2.45. The third-order valence-corrected chi connectivity index (χ3v) is 11.4. The van der Waals surface area contributed by atoms with Crippen LogP contribution in [0.1, 0.15) is 49.1 Å². The second-order valence-electron chi connectivity index (χ2n) is 13.3. The molecule has 0 saturated carbocycles. The van der Waals surface area contributed by atoms with Gasteiger partial charge in [0, 0.05) is 58.8 Å². The number of amides is 2. The molecule has 4 aromatic carbocycles. The largest absolute Gasteiger partial charge is 0.744 e. The van der Waals surface area contributed by atoms with Crippen LogP contribution >= 0.6 is 0 Å². The average Bonchev–Trinajstić information content (AvgIpc) is 3.17. The molecular weight excluding hydrogens is 805 g/mol. The van der Waals surface area contributed by atoms with Gasteiger partial charge >= 0.3 is 16.1 Å². The number of benzene rings is 5. The second-order valence-corrected chi connectivity index (χ2v) is 16.0. The fourth-order valence-corrected chi connectivity index (χ4v) is 8.39. The summed E-state index contributed by atoms with van der Waals surface area (Å²) in [5.74, 6) is 2.98. The maximum Gasteiger partial charge on any atom is 0.336 e. The summed E-state index contributed by atoms with van der Waals surface area (Å²) in [6.45, 7) is -0.389. The molecule has 0 fully saturated rings. The number of aromatic carboxylic acids is 1. The Morgan fingerprint density at radius 1 is 0.881 bits per heavy atom. The molecule has 7 rings (SSSR count). The van der Waals surface area contributed by atoms with Crippen LogP contribution in [-0.4, -0.2) is 68.5 Å². The first-order chi connectivity index (χ1) is 28.0. The van der Waals surface area contributed by atoms with Gasteiger partial charge in [-0.1, -0.05) is 48.2 Å². The second kappa shape index (κ2) is 15.8. The van der Waals surface area contributed by atoms with Gasteiger partial charge < -0.3 is 35.2 Å². The third kappa shape index (κ3) is 8.14. The van der Waals surface area contributed by atoms with Crippen molar-refractivity contribution in [2.24, 2.45) is 0 Å². The molecule has 1 aliphatic heterocycles. The predicted molar refractivity (Wildman–Crippen MR) is 209 cm³/mol. The SMILES string of the molecule is Nc1ccc2c(-c3cc(C(=O)NCCNC(=O)COC4Cc5ccccc5C#Cc5ccccc54)ccc3C(=O)O)c3ccc(=[NH2+])c(S(=O)(=O)O)c-3oc2c1S(=O)(=O)[O-]. The third-order valence-electron chi connectivity index (χ3n) is 9.53. The van der Waals surface area contributed by atoms with E-state index in [0.717, 1.165) is 46.5 Å². The minimum atomic E-state index is -5.42. The number of carboxylic acid groups (broad SMARTS) is 1. The fourth-order valence-electron chi connectivity index (χ4n) is 6.90. The van der Waals surface area contributed by atoms with E-state index in [2.05, 4.69) is 22.5 Å². The molecule has 59 heavy (non-hydrogen) atoms. The molecule has 2 amide bonds. The van der Waals surface area contributed by atoms with E-state index in [1.54, 1.807) is 0 Å². The van der Waals surface area contributed by atoms with Gasteiger partial charge in [0.2, 0.25) is 16.2 Å². The molecule has 0 saturated heterocycles. The Kier molecular flexibility index (Phi) is 10.8. The highest BCUT2D eigenvalue weighted by atomic mass is 32.2. The lowest BCUT2D eigenvalue weighted by Gasteiger charge is -2.22. The number of carbonyl (C=O) groups excluding carboxylic acids is 2. The molecule has 16 nitrogen and oxygen atoms in total. The van der Waals surface area contributed by atoms with E-state index in [4.69, 9.17) is 20.3 Å². The molecule has 1 atom stereocenters. The number of rotatable bonds is 11. The van der Waals surface area contributed by atoms with E-state index >= 15 is 0 Å². The van der Waals surface area contributed by atoms with Gasteiger partial charge in [0.25, 0.3) is 5.91 Å². The predicted octanol–water partition coefficient (Wildman–Crippen LogP) is 1.86. The molecule has 2 aliphatic carbocycles. The highest BCUT2D eigenvalue weighted by molar-refractivity contribution is 7.86. The molecule has 18 heteroatoms. The van der Waals surface area contributed by atoms with Crippen LogP contribution in [0.4, 0.5) is 5.69 Å². The number of anilines is 1. The van der Waals surface area contributed by atoms with Crippen molar-refractivity contribution >= 4 is 54.7 Å². The zero-order valence-electron chi connectivity index (χ0n) is 30.5. The van der Waals surface area contributed by atoms with Crippen molar-refractivity contribution < 1.29 is 60.0 Å². The summed E-state index contributed by atoms with van der Waals surface area (Å²) in [6, 6.07) is 23.3. The van der Waals surface area contributed by atoms with Gasteiger partial charge in [0.1, 0.15) is 21.6 Å². The van der Waals surface area contributed by atoms with Gasteiger partial charge in [-0.15, -0.1) is 0 Å². The van der Waals surface area contributed by atoms with Gasteiger partial charge in [-0.05, 0) is 65.2 Å². The van der Waals surface area contributed by atoms with E-state index in [9.17, 15) is 45.4 Å². The average molecular weight is 837 g/mol. The number of hydrogen-bond donors (Lipinski definition) is 6. The monoisotopic (exact) mass is 836 g/mol. The zero-order chi connectivity index (χ0) is 42.2. The van der Waals surface area contributed by atoms with Crippen molar-refractivity contribution in [1.29, 1.82) is 0 Å². The molecule has 0 spiro atoms. The lowest BCUT2D eigenvalue weighted by molar-refractivity contribution is -0.176. The van der Waals surface area contributed by atoms with Crippen molar-refractivity contribution in [3.8, 4) is 34.3 Å². The van der Waals surface area contributed by atoms with Crippen LogP contribution in [0.15, 0.2) is 105 Å². The van der Waals surface area contributed by atoms with Gasteiger partial charge in [0.05, 0.1) is 17.4 Å². The molecule has 4 aromatic rings. The Balaban J connectivity index is 1.14. The Morgan fingerprint density at radius 3 is 2.31 bits per heavy atom. The van der Waals surface area contributed by atoms with Crippen LogP contribution in [0.25, 0.3) is 33.4 Å². The van der Waals surface area contributed by atoms with Crippen molar-refractivity contribution in [3.05, 3.63) is 130 Å². The number of carboxylic acids is 1. The molecule has 1 unspecified atom stereocenters. The topological polar surface area (TPSA) is 281 Å². The van der Waals surface area contributed by atoms with Crippen LogP contribution in [-0.2, 0) is 36.2 Å². The summed E-state index contributed by atoms with van der Waals surface area (Å²) in [7, 11) is -10.6. The number of nitrogens with one attached hydrogen (secondary N) is 2. The number of nitrogen functional groups attached to an aromatic ring is 1. The van der Waals surface area contributed by atoms with Crippen LogP contribution in [0.5, 0.6) is 0 Å². The molecular formula is C41H32N4O12S2. The molecule has 8 N–H and O–H groups in total. The van der Waals surface area contributed by atoms with Crippen molar-refractivity contribution in [1.82, 2.24) is 10.6 Å². The number of nitrogens with two attached hydrogens (primary N) is 2.